The van der Waals surface area contributed by atoms with Gasteiger partial charge in [-0.1, -0.05) is 25.0 Å². The number of hydrogen-bond acceptors (Lipinski definition) is 6. The Bertz CT molecular complexity index is 1020. The maximum Gasteiger partial charge on any atom is 0.252 e. The summed E-state index contributed by atoms with van der Waals surface area (Å²) in [6, 6.07) is 14.9. The zero-order valence-corrected chi connectivity index (χ0v) is 16.7. The molecular weight excluding hydrogens is 376 g/mol. The monoisotopic (exact) mass is 402 g/mol. The number of hydrogen-bond donors (Lipinski definition) is 4. The molecule has 3 aromatic rings. The Labute approximate surface area is 175 Å². The molecular formula is C23H26N6O. The van der Waals surface area contributed by atoms with Gasteiger partial charge >= 0.3 is 0 Å². The zero-order valence-electron chi connectivity index (χ0n) is 16.7. The fourth-order valence-corrected chi connectivity index (χ4v) is 3.86. The van der Waals surface area contributed by atoms with Crippen LogP contribution in [0.5, 0.6) is 0 Å². The third-order valence-corrected chi connectivity index (χ3v) is 5.45. The van der Waals surface area contributed by atoms with Crippen LogP contribution >= 0.6 is 0 Å². The summed E-state index contributed by atoms with van der Waals surface area (Å²) < 4.78 is 0. The fourth-order valence-electron chi connectivity index (χ4n) is 3.86. The summed E-state index contributed by atoms with van der Waals surface area (Å²) in [5.41, 5.74) is 15.9. The number of carbonyl (C=O) groups is 1. The smallest absolute Gasteiger partial charge is 0.252 e. The lowest BCUT2D eigenvalue weighted by Gasteiger charge is -2.29. The van der Waals surface area contributed by atoms with Gasteiger partial charge in [-0.25, -0.2) is 9.97 Å². The van der Waals surface area contributed by atoms with Crippen molar-refractivity contribution in [3.8, 4) is 11.1 Å². The number of nitrogen functional groups attached to an aromatic ring is 1. The highest BCUT2D eigenvalue weighted by Gasteiger charge is 2.25. The van der Waals surface area contributed by atoms with Gasteiger partial charge in [0.05, 0.1) is 0 Å². The minimum Gasteiger partial charge on any atom is -0.399 e. The lowest BCUT2D eigenvalue weighted by molar-refractivity contribution is 0.0922. The van der Waals surface area contributed by atoms with Crippen LogP contribution in [0.15, 0.2) is 61.1 Å². The van der Waals surface area contributed by atoms with E-state index in [1.165, 1.54) is 6.33 Å². The van der Waals surface area contributed by atoms with Gasteiger partial charge in [-0.3, -0.25) is 4.79 Å². The molecule has 1 aromatic heterocycles. The molecule has 1 amide bonds. The molecule has 30 heavy (non-hydrogen) atoms. The van der Waals surface area contributed by atoms with Crippen LogP contribution in [0.4, 0.5) is 17.2 Å². The summed E-state index contributed by atoms with van der Waals surface area (Å²) in [5.74, 6) is 0.553. The molecule has 0 radical (unpaired) electrons. The first-order valence-corrected chi connectivity index (χ1v) is 10.2. The molecule has 7 heteroatoms. The second kappa shape index (κ2) is 8.92. The number of rotatable bonds is 5. The summed E-state index contributed by atoms with van der Waals surface area (Å²) in [6.07, 6.45) is 7.20. The summed E-state index contributed by atoms with van der Waals surface area (Å²) >= 11 is 0. The van der Waals surface area contributed by atoms with Crippen LogP contribution in [-0.4, -0.2) is 28.0 Å². The van der Waals surface area contributed by atoms with Crippen LogP contribution in [0.3, 0.4) is 0 Å². The molecule has 1 aliphatic rings. The lowest BCUT2D eigenvalue weighted by atomic mass is 9.90. The summed E-state index contributed by atoms with van der Waals surface area (Å²) in [4.78, 5) is 21.3. The molecule has 1 unspecified atom stereocenters. The average Bonchev–Trinajstić information content (AvgIpc) is 2.76. The van der Waals surface area contributed by atoms with Crippen molar-refractivity contribution in [3.63, 3.8) is 0 Å². The maximum atomic E-state index is 13.2. The van der Waals surface area contributed by atoms with Gasteiger partial charge in [0.1, 0.15) is 12.1 Å². The molecule has 0 aliphatic heterocycles. The normalized spacial score (nSPS) is 18.6. The molecule has 2 aromatic carbocycles. The third kappa shape index (κ3) is 4.58. The molecule has 1 heterocycles. The molecule has 0 saturated heterocycles. The highest BCUT2D eigenvalue weighted by atomic mass is 16.1. The minimum atomic E-state index is -0.122. The van der Waals surface area contributed by atoms with Crippen molar-refractivity contribution in [2.45, 2.75) is 37.8 Å². The van der Waals surface area contributed by atoms with Crippen molar-refractivity contribution in [1.82, 2.24) is 15.3 Å². The van der Waals surface area contributed by atoms with E-state index in [1.54, 1.807) is 12.3 Å². The van der Waals surface area contributed by atoms with Crippen LogP contribution in [0, 0.1) is 0 Å². The van der Waals surface area contributed by atoms with Crippen LogP contribution in [0.2, 0.25) is 0 Å². The number of nitrogens with two attached hydrogens (primary N) is 2. The Kier molecular flexibility index (Phi) is 5.90. The molecule has 1 aliphatic carbocycles. The lowest BCUT2D eigenvalue weighted by Crippen LogP contribution is -2.49. The second-order valence-electron chi connectivity index (χ2n) is 7.63. The molecule has 1 saturated carbocycles. The molecule has 0 spiro atoms. The van der Waals surface area contributed by atoms with Crippen molar-refractivity contribution in [2.75, 3.05) is 11.1 Å². The maximum absolute atomic E-state index is 13.2. The molecule has 1 fully saturated rings. The van der Waals surface area contributed by atoms with Gasteiger partial charge in [0, 0.05) is 35.2 Å². The number of anilines is 3. The van der Waals surface area contributed by atoms with E-state index in [1.807, 2.05) is 42.5 Å². The molecule has 154 valence electrons. The van der Waals surface area contributed by atoms with E-state index in [2.05, 4.69) is 20.6 Å². The average molecular weight is 403 g/mol. The van der Waals surface area contributed by atoms with Crippen LogP contribution in [0.1, 0.15) is 36.0 Å². The SMILES string of the molecule is Nc1cccc(-c2cc(Nc3ccncn3)ccc2C(=O)NC2CCCC[C@@H]2N)c1. The first-order chi connectivity index (χ1) is 14.6. The van der Waals surface area contributed by atoms with E-state index in [0.717, 1.165) is 42.5 Å². The van der Waals surface area contributed by atoms with Gasteiger partial charge < -0.3 is 22.1 Å². The number of benzene rings is 2. The van der Waals surface area contributed by atoms with E-state index in [9.17, 15) is 4.79 Å². The highest BCUT2D eigenvalue weighted by Crippen LogP contribution is 2.30. The van der Waals surface area contributed by atoms with E-state index in [-0.39, 0.29) is 18.0 Å². The zero-order chi connectivity index (χ0) is 20.9. The number of aromatic nitrogens is 2. The van der Waals surface area contributed by atoms with Gasteiger partial charge in [0.2, 0.25) is 0 Å². The third-order valence-electron chi connectivity index (χ3n) is 5.45. The van der Waals surface area contributed by atoms with E-state index < -0.39 is 0 Å². The van der Waals surface area contributed by atoms with Gasteiger partial charge in [-0.2, -0.15) is 0 Å². The van der Waals surface area contributed by atoms with Gasteiger partial charge in [-0.05, 0) is 60.4 Å². The molecule has 6 N–H and O–H groups in total. The van der Waals surface area contributed by atoms with Gasteiger partial charge in [0.25, 0.3) is 5.91 Å². The largest absolute Gasteiger partial charge is 0.399 e. The number of nitrogens with one attached hydrogen (secondary N) is 2. The topological polar surface area (TPSA) is 119 Å². The van der Waals surface area contributed by atoms with E-state index >= 15 is 0 Å². The minimum absolute atomic E-state index is 0.00115. The molecule has 4 rings (SSSR count). The van der Waals surface area contributed by atoms with E-state index in [4.69, 9.17) is 11.5 Å². The Morgan fingerprint density at radius 2 is 1.93 bits per heavy atom. The van der Waals surface area contributed by atoms with E-state index in [0.29, 0.717) is 17.1 Å². The van der Waals surface area contributed by atoms with Crippen LogP contribution in [-0.2, 0) is 0 Å². The predicted molar refractivity (Wildman–Crippen MR) is 119 cm³/mol. The Morgan fingerprint density at radius 1 is 1.07 bits per heavy atom. The van der Waals surface area contributed by atoms with Crippen molar-refractivity contribution in [3.05, 3.63) is 66.6 Å². The van der Waals surface area contributed by atoms with Gasteiger partial charge in [0.15, 0.2) is 0 Å². The van der Waals surface area contributed by atoms with Gasteiger partial charge in [-0.15, -0.1) is 0 Å². The molecule has 7 nitrogen and oxygen atoms in total. The first kappa shape index (κ1) is 19.8. The molecule has 0 bridgehead atoms. The number of amides is 1. The quantitative estimate of drug-likeness (QED) is 0.485. The van der Waals surface area contributed by atoms with Crippen molar-refractivity contribution < 1.29 is 4.79 Å². The van der Waals surface area contributed by atoms with Crippen LogP contribution < -0.4 is 22.1 Å². The Balaban J connectivity index is 1.67. The summed E-state index contributed by atoms with van der Waals surface area (Å²) in [5, 5.41) is 6.39. The van der Waals surface area contributed by atoms with Crippen molar-refractivity contribution in [1.29, 1.82) is 0 Å². The molecule has 2 atom stereocenters. The number of carbonyl (C=O) groups excluding carboxylic acids is 1. The highest BCUT2D eigenvalue weighted by molar-refractivity contribution is 6.02. The van der Waals surface area contributed by atoms with Crippen LogP contribution in [0.25, 0.3) is 11.1 Å². The summed E-state index contributed by atoms with van der Waals surface area (Å²) in [6.45, 7) is 0. The van der Waals surface area contributed by atoms with Crippen molar-refractivity contribution >= 4 is 23.1 Å². The standard InChI is InChI=1S/C23H26N6O/c24-16-5-3-4-15(12-16)19-13-17(28-22-10-11-26-14-27-22)8-9-18(19)23(30)29-21-7-2-1-6-20(21)25/h3-5,8-14,20-21H,1-2,6-7,24-25H2,(H,29,30)(H,26,27,28)/t20-,21?/m0/s1. The Morgan fingerprint density at radius 3 is 2.70 bits per heavy atom. The second-order valence-corrected chi connectivity index (χ2v) is 7.63. The first-order valence-electron chi connectivity index (χ1n) is 10.2. The Hall–Kier alpha value is -3.45. The predicted octanol–water partition coefficient (Wildman–Crippen LogP) is 3.47. The van der Waals surface area contributed by atoms with Crippen molar-refractivity contribution in [2.24, 2.45) is 5.73 Å². The fraction of sp³-hybridized carbons (Fsp3) is 0.261. The summed E-state index contributed by atoms with van der Waals surface area (Å²) in [7, 11) is 0. The number of nitrogens with zero attached hydrogens (tertiary/aromatic N) is 2.